The summed E-state index contributed by atoms with van der Waals surface area (Å²) < 4.78 is 11.6. The quantitative estimate of drug-likeness (QED) is 0.244. The third-order valence-corrected chi connectivity index (χ3v) is 6.97. The fourth-order valence-corrected chi connectivity index (χ4v) is 5.15. The molecule has 0 radical (unpaired) electrons. The zero-order valence-corrected chi connectivity index (χ0v) is 21.6. The van der Waals surface area contributed by atoms with Crippen molar-refractivity contribution in [1.82, 2.24) is 0 Å². The van der Waals surface area contributed by atoms with Crippen LogP contribution in [0, 0.1) is 0 Å². The van der Waals surface area contributed by atoms with Gasteiger partial charge in [-0.3, -0.25) is 0 Å². The van der Waals surface area contributed by atoms with Gasteiger partial charge in [0.15, 0.2) is 13.2 Å². The Morgan fingerprint density at radius 3 is 1.05 bits per heavy atom. The van der Waals surface area contributed by atoms with E-state index < -0.39 is 25.2 Å². The first kappa shape index (κ1) is 26.6. The molecule has 0 heterocycles. The van der Waals surface area contributed by atoms with Crippen molar-refractivity contribution in [3.05, 3.63) is 117 Å². The monoisotopic (exact) mass is 540 g/mol. The lowest BCUT2D eigenvalue weighted by atomic mass is 9.91. The van der Waals surface area contributed by atoms with Gasteiger partial charge in [0.1, 0.15) is 23.0 Å². The van der Waals surface area contributed by atoms with Crippen molar-refractivity contribution < 1.29 is 39.5 Å². The Hall–Kier alpha value is -4.98. The van der Waals surface area contributed by atoms with Crippen molar-refractivity contribution in [3.8, 4) is 23.0 Å². The van der Waals surface area contributed by atoms with Gasteiger partial charge in [0.2, 0.25) is 0 Å². The number of carboxylic acid groups (broad SMARTS) is 2. The summed E-state index contributed by atoms with van der Waals surface area (Å²) in [5.74, 6) is -1.27. The number of aromatic hydroxyl groups is 2. The molecular formula is C32H28O8. The summed E-state index contributed by atoms with van der Waals surface area (Å²) in [5.41, 5.74) is 5.27. The van der Waals surface area contributed by atoms with E-state index in [9.17, 15) is 30.0 Å². The van der Waals surface area contributed by atoms with Gasteiger partial charge < -0.3 is 29.9 Å². The van der Waals surface area contributed by atoms with E-state index in [2.05, 4.69) is 0 Å². The highest BCUT2D eigenvalue weighted by Crippen LogP contribution is 2.37. The van der Waals surface area contributed by atoms with Crippen LogP contribution in [0.15, 0.2) is 72.8 Å². The first-order valence-corrected chi connectivity index (χ1v) is 12.8. The van der Waals surface area contributed by atoms with Gasteiger partial charge in [0.25, 0.3) is 0 Å². The van der Waals surface area contributed by atoms with Crippen molar-refractivity contribution in [3.63, 3.8) is 0 Å². The van der Waals surface area contributed by atoms with Gasteiger partial charge in [0, 0.05) is 25.7 Å². The van der Waals surface area contributed by atoms with Gasteiger partial charge in [-0.1, -0.05) is 72.8 Å². The SMILES string of the molecule is O=C(O)COc1c2cccc1Cc1cccc(c1OCC(=O)O)Cc1cccc(c1O)Cc1cccc(c1O)C2. The Kier molecular flexibility index (Phi) is 7.59. The third kappa shape index (κ3) is 5.71. The van der Waals surface area contributed by atoms with Crippen LogP contribution in [-0.2, 0) is 35.3 Å². The Balaban J connectivity index is 1.72. The highest BCUT2D eigenvalue weighted by atomic mass is 16.5. The van der Waals surface area contributed by atoms with Crippen LogP contribution < -0.4 is 9.47 Å². The maximum absolute atomic E-state index is 11.4. The van der Waals surface area contributed by atoms with E-state index in [0.29, 0.717) is 56.0 Å². The smallest absolute Gasteiger partial charge is 0.341 e. The van der Waals surface area contributed by atoms with E-state index in [1.165, 1.54) is 0 Å². The molecule has 8 nitrogen and oxygen atoms in total. The molecule has 40 heavy (non-hydrogen) atoms. The van der Waals surface area contributed by atoms with Crippen LogP contribution in [0.3, 0.4) is 0 Å². The van der Waals surface area contributed by atoms with Crippen LogP contribution in [0.2, 0.25) is 0 Å². The number of hydrogen-bond acceptors (Lipinski definition) is 6. The molecule has 0 aromatic heterocycles. The second-order valence-corrected chi connectivity index (χ2v) is 9.73. The summed E-state index contributed by atoms with van der Waals surface area (Å²) >= 11 is 0. The van der Waals surface area contributed by atoms with Crippen molar-refractivity contribution in [2.45, 2.75) is 25.7 Å². The lowest BCUT2D eigenvalue weighted by Crippen LogP contribution is -2.14. The minimum absolute atomic E-state index is 0.101. The lowest BCUT2D eigenvalue weighted by molar-refractivity contribution is -0.140. The van der Waals surface area contributed by atoms with E-state index in [1.54, 1.807) is 24.3 Å². The Morgan fingerprint density at radius 1 is 0.500 bits per heavy atom. The summed E-state index contributed by atoms with van der Waals surface area (Å²) in [5, 5.41) is 41.1. The van der Waals surface area contributed by atoms with Gasteiger partial charge in [0.05, 0.1) is 0 Å². The van der Waals surface area contributed by atoms with Crippen LogP contribution in [0.4, 0.5) is 0 Å². The molecule has 4 N–H and O–H groups in total. The number of aliphatic carboxylic acids is 2. The van der Waals surface area contributed by atoms with Gasteiger partial charge in [-0.2, -0.15) is 0 Å². The van der Waals surface area contributed by atoms with Gasteiger partial charge >= 0.3 is 11.9 Å². The zero-order valence-electron chi connectivity index (χ0n) is 21.6. The topological polar surface area (TPSA) is 134 Å². The summed E-state index contributed by atoms with van der Waals surface area (Å²) in [6, 6.07) is 21.8. The average Bonchev–Trinajstić information content (AvgIpc) is 2.91. The van der Waals surface area contributed by atoms with Crippen LogP contribution in [0.1, 0.15) is 44.5 Å². The number of phenolic OH excluding ortho intramolecular Hbond substituents is 2. The van der Waals surface area contributed by atoms with Gasteiger partial charge in [-0.25, -0.2) is 9.59 Å². The van der Waals surface area contributed by atoms with E-state index >= 15 is 0 Å². The number of phenols is 2. The molecule has 4 aromatic rings. The maximum atomic E-state index is 11.4. The van der Waals surface area contributed by atoms with Gasteiger partial charge in [-0.05, 0) is 44.5 Å². The summed E-state index contributed by atoms with van der Waals surface area (Å²) in [7, 11) is 0. The van der Waals surface area contributed by atoms with Crippen LogP contribution in [-0.4, -0.2) is 45.6 Å². The average molecular weight is 541 g/mol. The number of benzene rings is 4. The first-order chi connectivity index (χ1) is 19.3. The van der Waals surface area contributed by atoms with E-state index in [1.807, 2.05) is 48.5 Å². The standard InChI is InChI=1S/C32H28O8/c33-27(34)17-39-31-23-9-3-11-25(31)16-26-12-4-10-24(32(26)40-18-28(35)36)15-22-8-2-6-20(30(22)38)13-19-5-1-7-21(14-23)29(19)37/h1-12,37-38H,13-18H2,(H,33,34)(H,35,36). The number of fused-ring (bicyclic) bond motifs is 8. The molecule has 0 unspecified atom stereocenters. The second kappa shape index (κ2) is 11.4. The Labute approximate surface area is 230 Å². The van der Waals surface area contributed by atoms with Crippen molar-refractivity contribution in [1.29, 1.82) is 0 Å². The fraction of sp³-hybridized carbons (Fsp3) is 0.188. The molecule has 0 amide bonds. The highest BCUT2D eigenvalue weighted by Gasteiger charge is 2.21. The molecule has 4 aromatic carbocycles. The molecule has 0 fully saturated rings. The Bertz CT molecular complexity index is 1470. The van der Waals surface area contributed by atoms with Crippen LogP contribution >= 0.6 is 0 Å². The normalized spacial score (nSPS) is 12.4. The molecule has 1 aliphatic carbocycles. The number of hydrogen-bond donors (Lipinski definition) is 4. The molecular weight excluding hydrogens is 512 g/mol. The predicted octanol–water partition coefficient (Wildman–Crippen LogP) is 4.70. The van der Waals surface area contributed by atoms with Gasteiger partial charge in [-0.15, -0.1) is 0 Å². The molecule has 8 heteroatoms. The predicted molar refractivity (Wildman–Crippen MR) is 147 cm³/mol. The third-order valence-electron chi connectivity index (χ3n) is 6.97. The number of carboxylic acids is 2. The number of carbonyl (C=O) groups is 2. The molecule has 1 aliphatic rings. The Morgan fingerprint density at radius 2 is 0.750 bits per heavy atom. The minimum Gasteiger partial charge on any atom is -0.507 e. The molecule has 0 aliphatic heterocycles. The fourth-order valence-electron chi connectivity index (χ4n) is 5.15. The summed E-state index contributed by atoms with van der Waals surface area (Å²) in [6.07, 6.45) is 1.10. The summed E-state index contributed by atoms with van der Waals surface area (Å²) in [6.45, 7) is -1.10. The van der Waals surface area contributed by atoms with E-state index in [4.69, 9.17) is 9.47 Å². The summed E-state index contributed by atoms with van der Waals surface area (Å²) in [4.78, 5) is 22.8. The minimum atomic E-state index is -1.12. The van der Waals surface area contributed by atoms with E-state index in [0.717, 1.165) is 0 Å². The van der Waals surface area contributed by atoms with E-state index in [-0.39, 0.29) is 37.2 Å². The number of para-hydroxylation sites is 4. The number of ether oxygens (including phenoxy) is 2. The van der Waals surface area contributed by atoms with Crippen molar-refractivity contribution in [2.75, 3.05) is 13.2 Å². The zero-order chi connectivity index (χ0) is 28.2. The molecule has 8 bridgehead atoms. The molecule has 0 saturated carbocycles. The maximum Gasteiger partial charge on any atom is 0.341 e. The molecule has 204 valence electrons. The molecule has 0 saturated heterocycles. The second-order valence-electron chi connectivity index (χ2n) is 9.73. The van der Waals surface area contributed by atoms with Crippen LogP contribution in [0.5, 0.6) is 23.0 Å². The first-order valence-electron chi connectivity index (χ1n) is 12.8. The largest absolute Gasteiger partial charge is 0.507 e. The molecule has 0 spiro atoms. The van der Waals surface area contributed by atoms with Crippen molar-refractivity contribution >= 4 is 11.9 Å². The van der Waals surface area contributed by atoms with Crippen molar-refractivity contribution in [2.24, 2.45) is 0 Å². The highest BCUT2D eigenvalue weighted by molar-refractivity contribution is 5.69. The molecule has 0 atom stereocenters. The lowest BCUT2D eigenvalue weighted by Gasteiger charge is -2.20. The molecule has 5 rings (SSSR count). The van der Waals surface area contributed by atoms with Crippen LogP contribution in [0.25, 0.3) is 0 Å². The number of rotatable bonds is 6.